The van der Waals surface area contributed by atoms with E-state index in [1.165, 1.54) is 32.5 Å². The van der Waals surface area contributed by atoms with Crippen molar-refractivity contribution in [1.82, 2.24) is 4.98 Å². The fourth-order valence-corrected chi connectivity index (χ4v) is 2.56. The van der Waals surface area contributed by atoms with Crippen molar-refractivity contribution < 1.29 is 23.0 Å². The van der Waals surface area contributed by atoms with Gasteiger partial charge in [-0.15, -0.1) is 0 Å². The van der Waals surface area contributed by atoms with Crippen LogP contribution in [0.4, 0.5) is 26.0 Å². The quantitative estimate of drug-likeness (QED) is 0.659. The van der Waals surface area contributed by atoms with Crippen molar-refractivity contribution >= 4 is 23.1 Å². The van der Waals surface area contributed by atoms with Crippen molar-refractivity contribution in [3.8, 4) is 11.5 Å². The van der Waals surface area contributed by atoms with Gasteiger partial charge in [0.15, 0.2) is 0 Å². The summed E-state index contributed by atoms with van der Waals surface area (Å²) < 4.78 is 37.8. The number of ether oxygens (including phenoxy) is 2. The number of hydrogen-bond donors (Lipinski definition) is 2. The van der Waals surface area contributed by atoms with Crippen LogP contribution in [-0.4, -0.2) is 25.1 Å². The standard InChI is InChI=1S/C20H17F2N3O3/c1-27-15-7-4-8-16(28-2)18(15)20(26)24-12-9-10-17(23-11-12)25-19-13(21)5-3-6-14(19)22/h3-11H,1-2H3,(H,23,25)(H,24,26). The maximum atomic E-state index is 13.7. The summed E-state index contributed by atoms with van der Waals surface area (Å²) in [6.45, 7) is 0. The number of anilines is 3. The molecule has 0 unspecified atom stereocenters. The third-order valence-electron chi connectivity index (χ3n) is 3.89. The predicted molar refractivity (Wildman–Crippen MR) is 101 cm³/mol. The van der Waals surface area contributed by atoms with Gasteiger partial charge in [0.25, 0.3) is 5.91 Å². The maximum absolute atomic E-state index is 13.7. The minimum Gasteiger partial charge on any atom is -0.496 e. The van der Waals surface area contributed by atoms with Crippen LogP contribution in [0.5, 0.6) is 11.5 Å². The minimum atomic E-state index is -0.734. The van der Waals surface area contributed by atoms with Gasteiger partial charge in [-0.25, -0.2) is 13.8 Å². The molecule has 0 aliphatic heterocycles. The molecule has 0 bridgehead atoms. The zero-order valence-corrected chi connectivity index (χ0v) is 15.1. The lowest BCUT2D eigenvalue weighted by Crippen LogP contribution is -2.14. The first-order valence-electron chi connectivity index (χ1n) is 8.23. The average Bonchev–Trinajstić information content (AvgIpc) is 2.71. The first-order valence-corrected chi connectivity index (χ1v) is 8.23. The average molecular weight is 385 g/mol. The zero-order valence-electron chi connectivity index (χ0n) is 15.1. The maximum Gasteiger partial charge on any atom is 0.263 e. The number of halogens is 2. The Hall–Kier alpha value is -3.68. The number of benzene rings is 2. The van der Waals surface area contributed by atoms with Crippen molar-refractivity contribution in [3.05, 3.63) is 71.9 Å². The molecule has 2 N–H and O–H groups in total. The molecule has 3 rings (SSSR count). The van der Waals surface area contributed by atoms with Crippen molar-refractivity contribution in [2.24, 2.45) is 0 Å². The van der Waals surface area contributed by atoms with Crippen LogP contribution in [0.2, 0.25) is 0 Å². The third kappa shape index (κ3) is 4.01. The minimum absolute atomic E-state index is 0.219. The van der Waals surface area contributed by atoms with Gasteiger partial charge in [0.05, 0.1) is 26.1 Å². The zero-order chi connectivity index (χ0) is 20.1. The van der Waals surface area contributed by atoms with Crippen LogP contribution in [0.3, 0.4) is 0 Å². The van der Waals surface area contributed by atoms with Crippen LogP contribution in [0.15, 0.2) is 54.7 Å². The Labute approximate surface area is 160 Å². The number of rotatable bonds is 6. The molecule has 0 saturated carbocycles. The lowest BCUT2D eigenvalue weighted by molar-refractivity contribution is 0.102. The molecule has 1 amide bonds. The van der Waals surface area contributed by atoms with Gasteiger partial charge in [-0.2, -0.15) is 0 Å². The predicted octanol–water partition coefficient (Wildman–Crippen LogP) is 4.37. The summed E-state index contributed by atoms with van der Waals surface area (Å²) in [7, 11) is 2.91. The van der Waals surface area contributed by atoms with Crippen LogP contribution in [0.25, 0.3) is 0 Å². The highest BCUT2D eigenvalue weighted by Crippen LogP contribution is 2.29. The number of nitrogens with one attached hydrogen (secondary N) is 2. The topological polar surface area (TPSA) is 72.5 Å². The van der Waals surface area contributed by atoms with E-state index in [2.05, 4.69) is 15.6 Å². The van der Waals surface area contributed by atoms with E-state index in [1.807, 2.05) is 0 Å². The molecule has 1 aromatic heterocycles. The molecule has 28 heavy (non-hydrogen) atoms. The molecule has 3 aromatic rings. The number of amides is 1. The molecule has 0 aliphatic carbocycles. The summed E-state index contributed by atoms with van der Waals surface area (Å²) in [5.74, 6) is -0.977. The molecule has 6 nitrogen and oxygen atoms in total. The Bertz CT molecular complexity index is 952. The van der Waals surface area contributed by atoms with E-state index in [4.69, 9.17) is 9.47 Å². The van der Waals surface area contributed by atoms with Crippen LogP contribution >= 0.6 is 0 Å². The van der Waals surface area contributed by atoms with Gasteiger partial charge in [0, 0.05) is 0 Å². The second-order valence-electron chi connectivity index (χ2n) is 5.65. The summed E-state index contributed by atoms with van der Waals surface area (Å²) in [5, 5.41) is 5.26. The Balaban J connectivity index is 1.77. The van der Waals surface area contributed by atoms with Gasteiger partial charge in [-0.1, -0.05) is 12.1 Å². The van der Waals surface area contributed by atoms with Gasteiger partial charge < -0.3 is 20.1 Å². The molecule has 0 atom stereocenters. The van der Waals surface area contributed by atoms with Crippen LogP contribution in [-0.2, 0) is 0 Å². The van der Waals surface area contributed by atoms with Gasteiger partial charge in [-0.3, -0.25) is 4.79 Å². The Kier molecular flexibility index (Phi) is 5.69. The lowest BCUT2D eigenvalue weighted by Gasteiger charge is -2.13. The smallest absolute Gasteiger partial charge is 0.263 e. The Morgan fingerprint density at radius 3 is 2.07 bits per heavy atom. The molecule has 0 saturated heterocycles. The summed E-state index contributed by atoms with van der Waals surface area (Å²) in [5.41, 5.74) is 0.325. The lowest BCUT2D eigenvalue weighted by atomic mass is 10.1. The van der Waals surface area contributed by atoms with E-state index in [-0.39, 0.29) is 17.1 Å². The van der Waals surface area contributed by atoms with Crippen LogP contribution in [0.1, 0.15) is 10.4 Å². The SMILES string of the molecule is COc1cccc(OC)c1C(=O)Nc1ccc(Nc2c(F)cccc2F)nc1. The number of carbonyl (C=O) groups excluding carboxylic acids is 1. The molecular formula is C20H17F2N3O3. The Morgan fingerprint density at radius 1 is 0.929 bits per heavy atom. The van der Waals surface area contributed by atoms with E-state index in [0.717, 1.165) is 12.1 Å². The first-order chi connectivity index (χ1) is 13.5. The highest BCUT2D eigenvalue weighted by atomic mass is 19.1. The number of methoxy groups -OCH3 is 2. The molecule has 0 radical (unpaired) electrons. The molecule has 8 heteroatoms. The van der Waals surface area contributed by atoms with Crippen LogP contribution < -0.4 is 20.1 Å². The van der Waals surface area contributed by atoms with Gasteiger partial charge in [-0.05, 0) is 36.4 Å². The largest absolute Gasteiger partial charge is 0.496 e. The van der Waals surface area contributed by atoms with Crippen molar-refractivity contribution in [2.75, 3.05) is 24.9 Å². The molecule has 1 heterocycles. The van der Waals surface area contributed by atoms with E-state index in [1.54, 1.807) is 24.3 Å². The van der Waals surface area contributed by atoms with Crippen molar-refractivity contribution in [3.63, 3.8) is 0 Å². The number of aromatic nitrogens is 1. The summed E-state index contributed by atoms with van der Waals surface area (Å²) in [6.07, 6.45) is 1.36. The molecular weight excluding hydrogens is 368 g/mol. The fourth-order valence-electron chi connectivity index (χ4n) is 2.56. The van der Waals surface area contributed by atoms with Gasteiger partial charge >= 0.3 is 0 Å². The van der Waals surface area contributed by atoms with Gasteiger partial charge in [0.1, 0.15) is 40.2 Å². The normalized spacial score (nSPS) is 10.3. The van der Waals surface area contributed by atoms with E-state index in [9.17, 15) is 13.6 Å². The highest BCUT2D eigenvalue weighted by Gasteiger charge is 2.18. The van der Waals surface area contributed by atoms with Gasteiger partial charge in [0.2, 0.25) is 0 Å². The monoisotopic (exact) mass is 385 g/mol. The number of pyridine rings is 1. The number of nitrogens with zero attached hydrogens (tertiary/aromatic N) is 1. The third-order valence-corrected chi connectivity index (χ3v) is 3.89. The number of hydrogen-bond acceptors (Lipinski definition) is 5. The second kappa shape index (κ2) is 8.34. The second-order valence-corrected chi connectivity index (χ2v) is 5.65. The summed E-state index contributed by atoms with van der Waals surface area (Å²) in [6, 6.07) is 11.6. The van der Waals surface area contributed by atoms with E-state index < -0.39 is 17.5 Å². The number of para-hydroxylation sites is 1. The van der Waals surface area contributed by atoms with Crippen molar-refractivity contribution in [1.29, 1.82) is 0 Å². The molecule has 0 fully saturated rings. The van der Waals surface area contributed by atoms with Crippen LogP contribution in [0, 0.1) is 11.6 Å². The molecule has 0 spiro atoms. The van der Waals surface area contributed by atoms with Crippen molar-refractivity contribution in [2.45, 2.75) is 0 Å². The molecule has 2 aromatic carbocycles. The summed E-state index contributed by atoms with van der Waals surface area (Å²) >= 11 is 0. The molecule has 144 valence electrons. The fraction of sp³-hybridized carbons (Fsp3) is 0.100. The first kappa shape index (κ1) is 19.1. The highest BCUT2D eigenvalue weighted by molar-refractivity contribution is 6.08. The Morgan fingerprint density at radius 2 is 1.54 bits per heavy atom. The number of carbonyl (C=O) groups is 1. The molecule has 0 aliphatic rings. The van der Waals surface area contributed by atoms with E-state index in [0.29, 0.717) is 17.2 Å². The van der Waals surface area contributed by atoms with E-state index >= 15 is 0 Å². The summed E-state index contributed by atoms with van der Waals surface area (Å²) in [4.78, 5) is 16.7.